The van der Waals surface area contributed by atoms with E-state index in [0.717, 1.165) is 16.6 Å². The maximum Gasteiger partial charge on any atom is 0.306 e. The molecule has 0 amide bonds. The van der Waals surface area contributed by atoms with Gasteiger partial charge in [0.1, 0.15) is 4.60 Å². The third kappa shape index (κ3) is 3.46. The van der Waals surface area contributed by atoms with Crippen molar-refractivity contribution in [2.45, 2.75) is 19.8 Å². The van der Waals surface area contributed by atoms with Gasteiger partial charge in [-0.3, -0.25) is 4.79 Å². The van der Waals surface area contributed by atoms with E-state index >= 15 is 0 Å². The lowest BCUT2D eigenvalue weighted by Gasteiger charge is -2.05. The highest BCUT2D eigenvalue weighted by Gasteiger charge is 2.10. The third-order valence-corrected chi connectivity index (χ3v) is 2.55. The molecule has 1 rings (SSSR count). The summed E-state index contributed by atoms with van der Waals surface area (Å²) in [7, 11) is 0. The van der Waals surface area contributed by atoms with Crippen LogP contribution in [0.4, 0.5) is 0 Å². The quantitative estimate of drug-likeness (QED) is 0.844. The minimum absolute atomic E-state index is 0.293. The van der Waals surface area contributed by atoms with Crippen LogP contribution in [0.3, 0.4) is 0 Å². The van der Waals surface area contributed by atoms with Gasteiger partial charge in [0, 0.05) is 6.20 Å². The number of nitrogens with zero attached hydrogens (tertiary/aromatic N) is 1. The van der Waals surface area contributed by atoms with Crippen molar-refractivity contribution < 1.29 is 9.90 Å². The largest absolute Gasteiger partial charge is 0.481 e. The van der Waals surface area contributed by atoms with E-state index in [1.54, 1.807) is 13.1 Å². The molecule has 0 fully saturated rings. The van der Waals surface area contributed by atoms with E-state index in [9.17, 15) is 4.79 Å². The predicted octanol–water partition coefficient (Wildman–Crippen LogP) is 2.50. The highest BCUT2D eigenvalue weighted by molar-refractivity contribution is 9.10. The molecule has 0 bridgehead atoms. The van der Waals surface area contributed by atoms with Gasteiger partial charge < -0.3 is 5.11 Å². The first-order chi connectivity index (χ1) is 6.59. The van der Waals surface area contributed by atoms with Crippen molar-refractivity contribution in [3.05, 3.63) is 28.5 Å². The number of carbonyl (C=O) groups is 1. The summed E-state index contributed by atoms with van der Waals surface area (Å²) >= 11 is 3.24. The van der Waals surface area contributed by atoms with Crippen molar-refractivity contribution in [3.8, 4) is 0 Å². The first kappa shape index (κ1) is 11.2. The van der Waals surface area contributed by atoms with Gasteiger partial charge in [0.05, 0.1) is 5.92 Å². The van der Waals surface area contributed by atoms with Crippen LogP contribution in [-0.4, -0.2) is 16.1 Å². The smallest absolute Gasteiger partial charge is 0.306 e. The number of aliphatic carboxylic acids is 1. The number of carboxylic acid groups (broad SMARTS) is 1. The Labute approximate surface area is 91.3 Å². The van der Waals surface area contributed by atoms with Gasteiger partial charge in [0.25, 0.3) is 0 Å². The normalized spacial score (nSPS) is 12.4. The summed E-state index contributed by atoms with van der Waals surface area (Å²) in [5.74, 6) is -1.03. The minimum Gasteiger partial charge on any atom is -0.481 e. The number of hydrogen-bond donors (Lipinski definition) is 1. The molecule has 1 unspecified atom stereocenters. The van der Waals surface area contributed by atoms with Gasteiger partial charge >= 0.3 is 5.97 Å². The second kappa shape index (κ2) is 5.10. The fourth-order valence-corrected chi connectivity index (χ4v) is 1.30. The van der Waals surface area contributed by atoms with Crippen LogP contribution < -0.4 is 0 Å². The highest BCUT2D eigenvalue weighted by Crippen LogP contribution is 2.11. The zero-order valence-electron chi connectivity index (χ0n) is 7.90. The van der Waals surface area contributed by atoms with Crippen LogP contribution in [0.1, 0.15) is 18.9 Å². The van der Waals surface area contributed by atoms with Crippen LogP contribution >= 0.6 is 15.9 Å². The van der Waals surface area contributed by atoms with Crippen LogP contribution in [0, 0.1) is 5.92 Å². The second-order valence-corrected chi connectivity index (χ2v) is 4.08. The summed E-state index contributed by atoms with van der Waals surface area (Å²) in [4.78, 5) is 14.6. The van der Waals surface area contributed by atoms with Gasteiger partial charge in [0.2, 0.25) is 0 Å². The lowest BCUT2D eigenvalue weighted by Crippen LogP contribution is -2.10. The maximum absolute atomic E-state index is 10.6. The lowest BCUT2D eigenvalue weighted by molar-refractivity contribution is -0.141. The molecule has 0 aliphatic heterocycles. The molecule has 3 nitrogen and oxygen atoms in total. The minimum atomic E-state index is -0.741. The molecular formula is C10H12BrNO2. The first-order valence-corrected chi connectivity index (χ1v) is 5.22. The average Bonchev–Trinajstić information content (AvgIpc) is 2.16. The van der Waals surface area contributed by atoms with Gasteiger partial charge in [-0.05, 0) is 40.4 Å². The molecule has 4 heteroatoms. The Hall–Kier alpha value is -0.900. The molecule has 1 aromatic rings. The SMILES string of the molecule is CC(CCc1ccc(Br)nc1)C(=O)O. The molecule has 1 heterocycles. The fourth-order valence-electron chi connectivity index (χ4n) is 1.06. The Morgan fingerprint density at radius 2 is 2.36 bits per heavy atom. The van der Waals surface area contributed by atoms with E-state index in [1.165, 1.54) is 0 Å². The number of pyridine rings is 1. The van der Waals surface area contributed by atoms with E-state index in [4.69, 9.17) is 5.11 Å². The number of aromatic nitrogens is 1. The third-order valence-electron chi connectivity index (χ3n) is 2.08. The van der Waals surface area contributed by atoms with Gasteiger partial charge in [-0.15, -0.1) is 0 Å². The zero-order valence-corrected chi connectivity index (χ0v) is 9.49. The number of rotatable bonds is 4. The monoisotopic (exact) mass is 257 g/mol. The Bertz CT molecular complexity index is 310. The molecule has 14 heavy (non-hydrogen) atoms. The van der Waals surface area contributed by atoms with Crippen molar-refractivity contribution in [1.82, 2.24) is 4.98 Å². The van der Waals surface area contributed by atoms with Crippen molar-refractivity contribution in [2.24, 2.45) is 5.92 Å². The summed E-state index contributed by atoms with van der Waals surface area (Å²) in [6, 6.07) is 3.81. The van der Waals surface area contributed by atoms with E-state index in [2.05, 4.69) is 20.9 Å². The topological polar surface area (TPSA) is 50.2 Å². The molecule has 0 aliphatic rings. The molecule has 76 valence electrons. The molecule has 0 radical (unpaired) electrons. The molecule has 0 aliphatic carbocycles. The van der Waals surface area contributed by atoms with Crippen molar-refractivity contribution in [3.63, 3.8) is 0 Å². The summed E-state index contributed by atoms with van der Waals surface area (Å²) in [6.45, 7) is 1.72. The molecule has 0 saturated heterocycles. The summed E-state index contributed by atoms with van der Waals surface area (Å²) in [5.41, 5.74) is 1.07. The van der Waals surface area contributed by atoms with Gasteiger partial charge in [-0.1, -0.05) is 13.0 Å². The number of carboxylic acids is 1. The Morgan fingerprint density at radius 3 is 2.86 bits per heavy atom. The van der Waals surface area contributed by atoms with Crippen molar-refractivity contribution in [1.29, 1.82) is 0 Å². The van der Waals surface area contributed by atoms with Crippen LogP contribution in [-0.2, 0) is 11.2 Å². The van der Waals surface area contributed by atoms with E-state index in [-0.39, 0.29) is 5.92 Å². The molecule has 1 N–H and O–H groups in total. The molecule has 0 saturated carbocycles. The predicted molar refractivity (Wildman–Crippen MR) is 57.1 cm³/mol. The van der Waals surface area contributed by atoms with Gasteiger partial charge in [0.15, 0.2) is 0 Å². The van der Waals surface area contributed by atoms with E-state index in [0.29, 0.717) is 6.42 Å². The zero-order chi connectivity index (χ0) is 10.6. The van der Waals surface area contributed by atoms with E-state index in [1.807, 2.05) is 12.1 Å². The fraction of sp³-hybridized carbons (Fsp3) is 0.400. The Kier molecular flexibility index (Phi) is 4.07. The highest BCUT2D eigenvalue weighted by atomic mass is 79.9. The molecule has 0 spiro atoms. The van der Waals surface area contributed by atoms with Crippen molar-refractivity contribution in [2.75, 3.05) is 0 Å². The number of hydrogen-bond acceptors (Lipinski definition) is 2. The number of halogens is 1. The summed E-state index contributed by atoms with van der Waals surface area (Å²) in [5, 5.41) is 8.68. The lowest BCUT2D eigenvalue weighted by atomic mass is 10.0. The van der Waals surface area contributed by atoms with Crippen molar-refractivity contribution >= 4 is 21.9 Å². The van der Waals surface area contributed by atoms with Crippen LogP contribution in [0.5, 0.6) is 0 Å². The summed E-state index contributed by atoms with van der Waals surface area (Å²) in [6.07, 6.45) is 3.17. The molecular weight excluding hydrogens is 246 g/mol. The van der Waals surface area contributed by atoms with Gasteiger partial charge in [-0.2, -0.15) is 0 Å². The van der Waals surface area contributed by atoms with Crippen LogP contribution in [0.15, 0.2) is 22.9 Å². The number of aryl methyl sites for hydroxylation is 1. The second-order valence-electron chi connectivity index (χ2n) is 3.27. The first-order valence-electron chi connectivity index (χ1n) is 4.43. The summed E-state index contributed by atoms with van der Waals surface area (Å²) < 4.78 is 0.799. The molecule has 1 aromatic heterocycles. The van der Waals surface area contributed by atoms with E-state index < -0.39 is 5.97 Å². The molecule has 1 atom stereocenters. The maximum atomic E-state index is 10.6. The van der Waals surface area contributed by atoms with Gasteiger partial charge in [-0.25, -0.2) is 4.98 Å². The average molecular weight is 258 g/mol. The molecule has 0 aromatic carbocycles. The van der Waals surface area contributed by atoms with Crippen LogP contribution in [0.2, 0.25) is 0 Å². The standard InChI is InChI=1S/C10H12BrNO2/c1-7(10(13)14)2-3-8-4-5-9(11)12-6-8/h4-7H,2-3H2,1H3,(H,13,14). The Morgan fingerprint density at radius 1 is 1.64 bits per heavy atom. The Balaban J connectivity index is 2.46. The van der Waals surface area contributed by atoms with Crippen LogP contribution in [0.25, 0.3) is 0 Å².